The molecule has 0 atom stereocenters. The van der Waals surface area contributed by atoms with Crippen LogP contribution < -0.4 is 5.32 Å². The topological polar surface area (TPSA) is 35.8 Å². The van der Waals surface area contributed by atoms with E-state index in [4.69, 9.17) is 16.9 Å². The zero-order valence-corrected chi connectivity index (χ0v) is 12.6. The van der Waals surface area contributed by atoms with E-state index in [1.54, 1.807) is 0 Å². The van der Waals surface area contributed by atoms with Gasteiger partial charge in [0, 0.05) is 8.59 Å². The Balaban J connectivity index is 2.40. The van der Waals surface area contributed by atoms with E-state index in [9.17, 15) is 0 Å². The van der Waals surface area contributed by atoms with Gasteiger partial charge in [0.05, 0.1) is 16.9 Å². The Morgan fingerprint density at radius 1 is 1.17 bits per heavy atom. The molecule has 0 heterocycles. The average Bonchev–Trinajstić information content (AvgIpc) is 2.33. The lowest BCUT2D eigenvalue weighted by Gasteiger charge is -2.11. The van der Waals surface area contributed by atoms with Crippen LogP contribution in [0.3, 0.4) is 0 Å². The van der Waals surface area contributed by atoms with Gasteiger partial charge in [0.1, 0.15) is 6.07 Å². The number of hydrogen-bond donors (Lipinski definition) is 1. The minimum absolute atomic E-state index is 0.631. The van der Waals surface area contributed by atoms with Gasteiger partial charge in [-0.05, 0) is 65.4 Å². The second-order valence-electron chi connectivity index (χ2n) is 3.91. The smallest absolute Gasteiger partial charge is 0.101 e. The first-order chi connectivity index (χ1) is 8.60. The first-order valence-electron chi connectivity index (χ1n) is 5.33. The lowest BCUT2D eigenvalue weighted by Crippen LogP contribution is -1.96. The fourth-order valence-electron chi connectivity index (χ4n) is 1.59. The van der Waals surface area contributed by atoms with Crippen LogP contribution in [0.25, 0.3) is 0 Å². The van der Waals surface area contributed by atoms with Crippen LogP contribution in [0.1, 0.15) is 11.1 Å². The monoisotopic (exact) mass is 368 g/mol. The van der Waals surface area contributed by atoms with Gasteiger partial charge in [-0.2, -0.15) is 5.26 Å². The summed E-state index contributed by atoms with van der Waals surface area (Å²) in [6, 6.07) is 13.5. The van der Waals surface area contributed by atoms with Gasteiger partial charge in [-0.1, -0.05) is 17.7 Å². The molecule has 2 nitrogen and oxygen atoms in total. The molecule has 0 saturated carbocycles. The number of nitrogens with one attached hydrogen (secondary N) is 1. The van der Waals surface area contributed by atoms with E-state index >= 15 is 0 Å². The third-order valence-corrected chi connectivity index (χ3v) is 3.62. The number of aryl methyl sites for hydroxylation is 1. The highest BCUT2D eigenvalue weighted by atomic mass is 127. The van der Waals surface area contributed by atoms with Gasteiger partial charge in [0.2, 0.25) is 0 Å². The molecule has 0 fully saturated rings. The molecule has 4 heteroatoms. The first-order valence-corrected chi connectivity index (χ1v) is 6.78. The highest BCUT2D eigenvalue weighted by Gasteiger charge is 2.05. The molecule has 0 aliphatic rings. The van der Waals surface area contributed by atoms with E-state index in [0.29, 0.717) is 10.6 Å². The molecular weight excluding hydrogens is 359 g/mol. The fraction of sp³-hybridized carbons (Fsp3) is 0.0714. The van der Waals surface area contributed by atoms with Crippen molar-refractivity contribution < 1.29 is 0 Å². The minimum atomic E-state index is 0.631. The van der Waals surface area contributed by atoms with Crippen molar-refractivity contribution in [2.24, 2.45) is 0 Å². The van der Waals surface area contributed by atoms with Gasteiger partial charge in [0.25, 0.3) is 0 Å². The second-order valence-corrected chi connectivity index (χ2v) is 5.51. The molecule has 2 aromatic rings. The molecule has 0 aromatic heterocycles. The van der Waals surface area contributed by atoms with Crippen LogP contribution in [0.4, 0.5) is 11.4 Å². The molecule has 90 valence electrons. The Kier molecular flexibility index (Phi) is 4.10. The van der Waals surface area contributed by atoms with Gasteiger partial charge in [0.15, 0.2) is 0 Å². The summed E-state index contributed by atoms with van der Waals surface area (Å²) in [4.78, 5) is 0. The third kappa shape index (κ3) is 2.95. The summed E-state index contributed by atoms with van der Waals surface area (Å²) < 4.78 is 1.02. The van der Waals surface area contributed by atoms with Gasteiger partial charge < -0.3 is 5.32 Å². The van der Waals surface area contributed by atoms with Gasteiger partial charge in [-0.25, -0.2) is 0 Å². The van der Waals surface area contributed by atoms with Crippen LogP contribution in [-0.4, -0.2) is 0 Å². The maximum Gasteiger partial charge on any atom is 0.101 e. The largest absolute Gasteiger partial charge is 0.354 e. The Morgan fingerprint density at radius 3 is 2.61 bits per heavy atom. The summed E-state index contributed by atoms with van der Waals surface area (Å²) in [5, 5.41) is 13.1. The summed E-state index contributed by atoms with van der Waals surface area (Å²) in [5.74, 6) is 0. The van der Waals surface area contributed by atoms with Crippen molar-refractivity contribution in [1.29, 1.82) is 5.26 Å². The number of anilines is 2. The van der Waals surface area contributed by atoms with E-state index in [2.05, 4.69) is 34.0 Å². The van der Waals surface area contributed by atoms with Crippen LogP contribution in [0.2, 0.25) is 5.02 Å². The maximum atomic E-state index is 9.09. The summed E-state index contributed by atoms with van der Waals surface area (Å²) >= 11 is 8.13. The summed E-state index contributed by atoms with van der Waals surface area (Å²) in [5.41, 5.74) is 3.51. The molecule has 0 aliphatic carbocycles. The number of benzene rings is 2. The van der Waals surface area contributed by atoms with Crippen LogP contribution in [0.5, 0.6) is 0 Å². The van der Waals surface area contributed by atoms with Crippen LogP contribution in [-0.2, 0) is 0 Å². The first kappa shape index (κ1) is 13.2. The van der Waals surface area contributed by atoms with E-state index in [0.717, 1.165) is 20.5 Å². The van der Waals surface area contributed by atoms with Gasteiger partial charge in [-0.3, -0.25) is 0 Å². The van der Waals surface area contributed by atoms with Crippen molar-refractivity contribution in [1.82, 2.24) is 0 Å². The highest BCUT2D eigenvalue weighted by molar-refractivity contribution is 14.1. The molecule has 0 saturated heterocycles. The number of halogens is 2. The van der Waals surface area contributed by atoms with Crippen molar-refractivity contribution in [3.63, 3.8) is 0 Å². The van der Waals surface area contributed by atoms with E-state index < -0.39 is 0 Å². The van der Waals surface area contributed by atoms with Crippen LogP contribution >= 0.6 is 34.2 Å². The minimum Gasteiger partial charge on any atom is -0.354 e. The lowest BCUT2D eigenvalue weighted by molar-refractivity contribution is 1.40. The Labute approximate surface area is 125 Å². The van der Waals surface area contributed by atoms with Crippen molar-refractivity contribution in [3.8, 4) is 6.07 Å². The number of nitriles is 1. The fourth-order valence-corrected chi connectivity index (χ4v) is 2.60. The molecule has 2 aromatic carbocycles. The molecule has 1 N–H and O–H groups in total. The van der Waals surface area contributed by atoms with Crippen LogP contribution in [0.15, 0.2) is 36.4 Å². The lowest BCUT2D eigenvalue weighted by atomic mass is 10.1. The molecule has 0 unspecified atom stereocenters. The zero-order chi connectivity index (χ0) is 13.1. The van der Waals surface area contributed by atoms with Crippen molar-refractivity contribution in [2.45, 2.75) is 6.92 Å². The average molecular weight is 369 g/mol. The predicted molar refractivity (Wildman–Crippen MR) is 83.3 cm³/mol. The molecule has 0 radical (unpaired) electrons. The molecule has 0 spiro atoms. The number of hydrogen-bond acceptors (Lipinski definition) is 2. The summed E-state index contributed by atoms with van der Waals surface area (Å²) in [7, 11) is 0. The Bertz CT molecular complexity index is 632. The second kappa shape index (κ2) is 5.59. The highest BCUT2D eigenvalue weighted by Crippen LogP contribution is 2.27. The standard InChI is InChI=1S/C14H10ClIN2/c1-9-2-3-10(8-17)14(6-9)18-13-5-4-11(15)7-12(13)16/h2-7,18H,1H3. The van der Waals surface area contributed by atoms with E-state index in [1.165, 1.54) is 0 Å². The molecule has 0 aliphatic heterocycles. The van der Waals surface area contributed by atoms with Gasteiger partial charge >= 0.3 is 0 Å². The summed E-state index contributed by atoms with van der Waals surface area (Å²) in [6.07, 6.45) is 0. The predicted octanol–water partition coefficient (Wildman–Crippen LogP) is 4.87. The molecule has 18 heavy (non-hydrogen) atoms. The third-order valence-electron chi connectivity index (χ3n) is 2.50. The quantitative estimate of drug-likeness (QED) is 0.768. The zero-order valence-electron chi connectivity index (χ0n) is 9.67. The Hall–Kier alpha value is -1.25. The number of nitrogens with zero attached hydrogens (tertiary/aromatic N) is 1. The maximum absolute atomic E-state index is 9.09. The molecule has 0 bridgehead atoms. The van der Waals surface area contributed by atoms with Crippen molar-refractivity contribution in [2.75, 3.05) is 5.32 Å². The SMILES string of the molecule is Cc1ccc(C#N)c(Nc2ccc(Cl)cc2I)c1. The number of rotatable bonds is 2. The molecule has 0 amide bonds. The van der Waals surface area contributed by atoms with Crippen molar-refractivity contribution in [3.05, 3.63) is 56.1 Å². The molecular formula is C14H10ClIN2. The normalized spacial score (nSPS) is 9.89. The van der Waals surface area contributed by atoms with Crippen molar-refractivity contribution >= 4 is 45.6 Å². The van der Waals surface area contributed by atoms with E-state index in [-0.39, 0.29) is 0 Å². The Morgan fingerprint density at radius 2 is 1.94 bits per heavy atom. The summed E-state index contributed by atoms with van der Waals surface area (Å²) in [6.45, 7) is 2.00. The molecule has 2 rings (SSSR count). The van der Waals surface area contributed by atoms with Crippen LogP contribution in [0, 0.1) is 21.8 Å². The van der Waals surface area contributed by atoms with Gasteiger partial charge in [-0.15, -0.1) is 0 Å². The van der Waals surface area contributed by atoms with E-state index in [1.807, 2.05) is 43.3 Å².